The molecular formula is C26H25N7O4. The standard InChI is InChI=1S/C26H25N7O4/c1-4-21(34)30-16-8-10-17(20(12-16)37-3)23-22(24-25(27)28-13-29-33(24)32-23)14-5-9-18(19(11-14)36-2)26(35)31-15-6-7-15/h4-5,8-13,15H,1,6-7H2,2-3H3,(H,30,34)(H,31,35)(H2,27,28,29). The summed E-state index contributed by atoms with van der Waals surface area (Å²) in [7, 11) is 3.04. The molecule has 1 fully saturated rings. The van der Waals surface area contributed by atoms with Crippen LogP contribution in [0.1, 0.15) is 23.2 Å². The Hall–Kier alpha value is -4.93. The Morgan fingerprint density at radius 3 is 2.62 bits per heavy atom. The first-order valence-electron chi connectivity index (χ1n) is 11.5. The maximum Gasteiger partial charge on any atom is 0.255 e. The molecule has 1 aliphatic carbocycles. The fraction of sp³-hybridized carbons (Fsp3) is 0.192. The first-order chi connectivity index (χ1) is 17.9. The van der Waals surface area contributed by atoms with Crippen molar-refractivity contribution < 1.29 is 19.1 Å². The number of methoxy groups -OCH3 is 2. The van der Waals surface area contributed by atoms with Crippen molar-refractivity contribution in [2.24, 2.45) is 0 Å². The van der Waals surface area contributed by atoms with E-state index < -0.39 is 0 Å². The van der Waals surface area contributed by atoms with Crippen molar-refractivity contribution in [3.8, 4) is 33.9 Å². The van der Waals surface area contributed by atoms with E-state index in [0.29, 0.717) is 50.7 Å². The number of carbonyl (C=O) groups is 2. The highest BCUT2D eigenvalue weighted by molar-refractivity contribution is 6.02. The van der Waals surface area contributed by atoms with Gasteiger partial charge in [-0.3, -0.25) is 9.59 Å². The number of nitrogens with zero attached hydrogens (tertiary/aromatic N) is 4. The van der Waals surface area contributed by atoms with Gasteiger partial charge < -0.3 is 25.8 Å². The highest BCUT2D eigenvalue weighted by atomic mass is 16.5. The summed E-state index contributed by atoms with van der Waals surface area (Å²) in [4.78, 5) is 28.7. The van der Waals surface area contributed by atoms with E-state index in [1.165, 1.54) is 31.3 Å². The van der Waals surface area contributed by atoms with Gasteiger partial charge in [-0.25, -0.2) is 4.98 Å². The van der Waals surface area contributed by atoms with E-state index in [1.54, 1.807) is 30.3 Å². The highest BCUT2D eigenvalue weighted by Crippen LogP contribution is 2.42. The second kappa shape index (κ2) is 9.61. The van der Waals surface area contributed by atoms with Crippen LogP contribution in [0, 0.1) is 0 Å². The number of hydrogen-bond acceptors (Lipinski definition) is 8. The van der Waals surface area contributed by atoms with Gasteiger partial charge >= 0.3 is 0 Å². The number of nitrogen functional groups attached to an aromatic ring is 1. The molecule has 2 heterocycles. The van der Waals surface area contributed by atoms with Crippen molar-refractivity contribution in [3.05, 3.63) is 60.9 Å². The summed E-state index contributed by atoms with van der Waals surface area (Å²) in [5, 5.41) is 14.6. The van der Waals surface area contributed by atoms with Crippen molar-refractivity contribution in [2.75, 3.05) is 25.3 Å². The van der Waals surface area contributed by atoms with E-state index in [4.69, 9.17) is 15.2 Å². The van der Waals surface area contributed by atoms with Crippen LogP contribution < -0.4 is 25.8 Å². The zero-order valence-corrected chi connectivity index (χ0v) is 20.3. The molecule has 37 heavy (non-hydrogen) atoms. The molecule has 2 aromatic heterocycles. The Morgan fingerprint density at radius 1 is 1.14 bits per heavy atom. The van der Waals surface area contributed by atoms with Crippen LogP contribution in [0.15, 0.2) is 55.4 Å². The second-order valence-electron chi connectivity index (χ2n) is 8.48. The van der Waals surface area contributed by atoms with Crippen molar-refractivity contribution in [1.82, 2.24) is 25.1 Å². The molecule has 0 unspecified atom stereocenters. The van der Waals surface area contributed by atoms with Gasteiger partial charge in [-0.05, 0) is 48.7 Å². The molecule has 0 aliphatic heterocycles. The lowest BCUT2D eigenvalue weighted by molar-refractivity contribution is -0.111. The first-order valence-corrected chi connectivity index (χ1v) is 11.5. The molecular weight excluding hydrogens is 474 g/mol. The van der Waals surface area contributed by atoms with Crippen LogP contribution in [-0.4, -0.2) is 51.9 Å². The molecule has 4 aromatic rings. The number of hydrogen-bond donors (Lipinski definition) is 3. The molecule has 0 radical (unpaired) electrons. The molecule has 0 saturated heterocycles. The van der Waals surface area contributed by atoms with Crippen LogP contribution in [0.25, 0.3) is 27.9 Å². The number of fused-ring (bicyclic) bond motifs is 1. The largest absolute Gasteiger partial charge is 0.496 e. The molecule has 11 nitrogen and oxygen atoms in total. The number of anilines is 2. The normalized spacial score (nSPS) is 12.7. The average molecular weight is 500 g/mol. The lowest BCUT2D eigenvalue weighted by atomic mass is 9.97. The zero-order chi connectivity index (χ0) is 26.1. The van der Waals surface area contributed by atoms with Crippen LogP contribution >= 0.6 is 0 Å². The van der Waals surface area contributed by atoms with Gasteiger partial charge in [-0.2, -0.15) is 0 Å². The Morgan fingerprint density at radius 2 is 1.92 bits per heavy atom. The van der Waals surface area contributed by atoms with Crippen molar-refractivity contribution in [2.45, 2.75) is 18.9 Å². The minimum atomic E-state index is -0.343. The molecule has 0 bridgehead atoms. The minimum Gasteiger partial charge on any atom is -0.496 e. The number of aromatic nitrogens is 4. The van der Waals surface area contributed by atoms with E-state index in [-0.39, 0.29) is 23.7 Å². The van der Waals surface area contributed by atoms with E-state index >= 15 is 0 Å². The molecule has 0 spiro atoms. The third kappa shape index (κ3) is 4.54. The molecule has 1 saturated carbocycles. The van der Waals surface area contributed by atoms with Crippen molar-refractivity contribution in [1.29, 1.82) is 0 Å². The van der Waals surface area contributed by atoms with Gasteiger partial charge in [0.25, 0.3) is 5.91 Å². The van der Waals surface area contributed by atoms with Crippen LogP contribution in [0.2, 0.25) is 0 Å². The molecule has 2 aromatic carbocycles. The summed E-state index contributed by atoms with van der Waals surface area (Å²) in [5.74, 6) is 0.570. The lowest BCUT2D eigenvalue weighted by Crippen LogP contribution is -2.25. The Kier molecular flexibility index (Phi) is 6.18. The van der Waals surface area contributed by atoms with Crippen LogP contribution in [-0.2, 0) is 4.79 Å². The van der Waals surface area contributed by atoms with E-state index in [1.807, 2.05) is 6.07 Å². The molecule has 1 aliphatic rings. The highest BCUT2D eigenvalue weighted by Gasteiger charge is 2.27. The summed E-state index contributed by atoms with van der Waals surface area (Å²) in [6.45, 7) is 3.47. The Bertz CT molecular complexity index is 1540. The lowest BCUT2D eigenvalue weighted by Gasteiger charge is -2.13. The van der Waals surface area contributed by atoms with Crippen molar-refractivity contribution in [3.63, 3.8) is 0 Å². The smallest absolute Gasteiger partial charge is 0.255 e. The molecule has 188 valence electrons. The topological polar surface area (TPSA) is 146 Å². The number of nitrogens with two attached hydrogens (primary N) is 1. The van der Waals surface area contributed by atoms with Crippen LogP contribution in [0.5, 0.6) is 11.5 Å². The first kappa shape index (κ1) is 23.8. The van der Waals surface area contributed by atoms with E-state index in [2.05, 4.69) is 32.4 Å². The zero-order valence-electron chi connectivity index (χ0n) is 20.3. The maximum atomic E-state index is 12.7. The SMILES string of the molecule is C=CC(=O)Nc1ccc(-c2nn3ncnc(N)c3c2-c2ccc(C(=O)NC3CC3)c(OC)c2)c(OC)c1. The summed E-state index contributed by atoms with van der Waals surface area (Å²) >= 11 is 0. The fourth-order valence-electron chi connectivity index (χ4n) is 4.06. The number of rotatable bonds is 8. The summed E-state index contributed by atoms with van der Waals surface area (Å²) < 4.78 is 12.6. The fourth-order valence-corrected chi connectivity index (χ4v) is 4.06. The number of carbonyl (C=O) groups excluding carboxylic acids is 2. The summed E-state index contributed by atoms with van der Waals surface area (Å²) in [6.07, 6.45) is 4.47. The quantitative estimate of drug-likeness (QED) is 0.314. The molecule has 5 rings (SSSR count). The molecule has 4 N–H and O–H groups in total. The van der Waals surface area contributed by atoms with Gasteiger partial charge in [0.1, 0.15) is 29.0 Å². The van der Waals surface area contributed by atoms with E-state index in [0.717, 1.165) is 12.8 Å². The van der Waals surface area contributed by atoms with Crippen molar-refractivity contribution >= 4 is 28.8 Å². The van der Waals surface area contributed by atoms with Gasteiger partial charge in [-0.15, -0.1) is 14.8 Å². The summed E-state index contributed by atoms with van der Waals surface area (Å²) in [5.41, 5.74) is 10.2. The monoisotopic (exact) mass is 499 g/mol. The van der Waals surface area contributed by atoms with Crippen LogP contribution in [0.4, 0.5) is 11.5 Å². The number of ether oxygens (including phenoxy) is 2. The van der Waals surface area contributed by atoms with Crippen LogP contribution in [0.3, 0.4) is 0 Å². The van der Waals surface area contributed by atoms with Gasteiger partial charge in [0, 0.05) is 28.9 Å². The number of amides is 2. The molecule has 0 atom stereocenters. The van der Waals surface area contributed by atoms with E-state index in [9.17, 15) is 9.59 Å². The summed E-state index contributed by atoms with van der Waals surface area (Å²) in [6, 6.07) is 10.7. The number of benzene rings is 2. The molecule has 2 amide bonds. The van der Waals surface area contributed by atoms with Gasteiger partial charge in [0.2, 0.25) is 5.91 Å². The predicted molar refractivity (Wildman–Crippen MR) is 138 cm³/mol. The average Bonchev–Trinajstić information content (AvgIpc) is 3.64. The van der Waals surface area contributed by atoms with Gasteiger partial charge in [0.05, 0.1) is 19.8 Å². The second-order valence-corrected chi connectivity index (χ2v) is 8.48. The van der Waals surface area contributed by atoms with Gasteiger partial charge in [-0.1, -0.05) is 12.6 Å². The minimum absolute atomic E-state index is 0.187. The maximum absolute atomic E-state index is 12.7. The van der Waals surface area contributed by atoms with Gasteiger partial charge in [0.15, 0.2) is 5.82 Å². The number of nitrogens with one attached hydrogen (secondary N) is 2. The Balaban J connectivity index is 1.67. The third-order valence-electron chi connectivity index (χ3n) is 6.03. The Labute approximate surface area is 212 Å². The molecule has 11 heteroatoms. The third-order valence-corrected chi connectivity index (χ3v) is 6.03. The predicted octanol–water partition coefficient (Wildman–Crippen LogP) is 3.07.